The molecule has 11 aliphatic rings. The van der Waals surface area contributed by atoms with Gasteiger partial charge in [0.1, 0.15) is 17.8 Å². The summed E-state index contributed by atoms with van der Waals surface area (Å²) >= 11 is 0. The summed E-state index contributed by atoms with van der Waals surface area (Å²) in [6, 6.07) is 0. The van der Waals surface area contributed by atoms with E-state index in [1.54, 1.807) is 19.1 Å². The fourth-order valence-corrected chi connectivity index (χ4v) is 16.1. The van der Waals surface area contributed by atoms with E-state index in [-0.39, 0.29) is 98.1 Å². The lowest BCUT2D eigenvalue weighted by Crippen LogP contribution is -2.68. The van der Waals surface area contributed by atoms with Gasteiger partial charge in [-0.25, -0.2) is 8.37 Å². The Labute approximate surface area is 454 Å². The highest BCUT2D eigenvalue weighted by Crippen LogP contribution is 2.54. The third kappa shape index (κ3) is 11.5. The van der Waals surface area contributed by atoms with Crippen molar-refractivity contribution in [3.05, 3.63) is 49.1 Å². The van der Waals surface area contributed by atoms with Gasteiger partial charge >= 0.3 is 20.8 Å². The van der Waals surface area contributed by atoms with E-state index in [0.717, 1.165) is 30.4 Å². The second kappa shape index (κ2) is 20.8. The van der Waals surface area contributed by atoms with E-state index in [9.17, 15) is 26.5 Å². The summed E-state index contributed by atoms with van der Waals surface area (Å²) in [5.41, 5.74) is -2.95. The molecule has 0 aromatic heterocycles. The molecular weight excluding hydrogens is 1040 g/mol. The summed E-state index contributed by atoms with van der Waals surface area (Å²) in [7, 11) is -9.72. The Hall–Kier alpha value is -1.78. The molecule has 434 valence electrons. The van der Waals surface area contributed by atoms with Gasteiger partial charge in [0, 0.05) is 57.8 Å². The Balaban J connectivity index is 0.741. The molecule has 11 heterocycles. The van der Waals surface area contributed by atoms with Crippen LogP contribution in [0.5, 0.6) is 0 Å². The van der Waals surface area contributed by atoms with Crippen LogP contribution in [-0.2, 0) is 81.3 Å². The maximum Gasteiger partial charge on any atom is 0.397 e. The Bertz CT molecular complexity index is 2510. The predicted octanol–water partition coefficient (Wildman–Crippen LogP) is 6.09. The molecule has 0 spiro atoms. The van der Waals surface area contributed by atoms with Crippen molar-refractivity contribution < 1.29 is 91.5 Å². The highest BCUT2D eigenvalue weighted by atomic mass is 32.3. The Kier molecular flexibility index (Phi) is 15.4. The maximum atomic E-state index is 11.9. The van der Waals surface area contributed by atoms with Gasteiger partial charge in [0.25, 0.3) is 0 Å². The SMILES string of the molecule is C=CCC(=C)/C=C/[C@@](C)(O)[C@H]1O[C@@H]2C[C@@H]3O[C@@H]4C[C@@H]5O[C@@H]6C[C@@H]7O[C@@H]8C[C@@H]9O[C@@H]%10C[C@@H]%11O[C@](C)(CCOS(=O)(=O)O)[C@@H](OS(=O)(=O)O)C[C@H]%11O[C@H]%10C[C@H]9O[C@H]8CC[C@@]7(C)O[C@@]6(C)CC[C@H](C)[C@H]5O[C@H]4C[C@@]3(C)O[C@H]2CC1=C. The molecule has 22 heteroatoms. The maximum absolute atomic E-state index is 11.9. The number of aliphatic hydroxyl groups is 1. The van der Waals surface area contributed by atoms with Crippen LogP contribution in [0.2, 0.25) is 0 Å². The first-order valence-corrected chi connectivity index (χ1v) is 30.8. The number of hydrogen-bond acceptors (Lipinski definition) is 18. The van der Waals surface area contributed by atoms with Gasteiger partial charge < -0.3 is 57.2 Å². The van der Waals surface area contributed by atoms with Crippen molar-refractivity contribution in [2.75, 3.05) is 6.61 Å². The first-order chi connectivity index (χ1) is 36.1. The van der Waals surface area contributed by atoms with E-state index in [1.807, 2.05) is 6.08 Å². The lowest BCUT2D eigenvalue weighted by Gasteiger charge is -2.59. The van der Waals surface area contributed by atoms with Crippen LogP contribution in [0.25, 0.3) is 0 Å². The average Bonchev–Trinajstić information content (AvgIpc) is 3.48. The minimum atomic E-state index is -4.94. The fraction of sp³-hybridized carbons (Fsp3) is 0.855. The van der Waals surface area contributed by atoms with Crippen LogP contribution in [0.3, 0.4) is 0 Å². The highest BCUT2D eigenvalue weighted by Gasteiger charge is 2.63. The van der Waals surface area contributed by atoms with Crippen LogP contribution in [0.15, 0.2) is 49.1 Å². The van der Waals surface area contributed by atoms with Gasteiger partial charge in [-0.3, -0.25) is 9.11 Å². The van der Waals surface area contributed by atoms with Gasteiger partial charge in [0.15, 0.2) is 0 Å². The second-order valence-electron chi connectivity index (χ2n) is 25.5. The number of fused-ring (bicyclic) bond motifs is 10. The minimum absolute atomic E-state index is 0.0132. The molecule has 11 fully saturated rings. The Morgan fingerprint density at radius 3 is 1.88 bits per heavy atom. The van der Waals surface area contributed by atoms with Crippen LogP contribution in [0, 0.1) is 5.92 Å². The molecule has 11 saturated heterocycles. The molecule has 3 N–H and O–H groups in total. The van der Waals surface area contributed by atoms with Crippen LogP contribution in [0.1, 0.15) is 138 Å². The van der Waals surface area contributed by atoms with Gasteiger partial charge in [-0.05, 0) is 84.6 Å². The largest absolute Gasteiger partial charge is 0.397 e. The lowest BCUT2D eigenvalue weighted by atomic mass is 9.73. The molecule has 0 unspecified atom stereocenters. The smallest absolute Gasteiger partial charge is 0.383 e. The molecule has 25 atom stereocenters. The molecule has 0 aromatic rings. The zero-order chi connectivity index (χ0) is 54.8. The van der Waals surface area contributed by atoms with Crippen molar-refractivity contribution in [3.8, 4) is 0 Å². The van der Waals surface area contributed by atoms with Crippen molar-refractivity contribution in [3.63, 3.8) is 0 Å². The van der Waals surface area contributed by atoms with Gasteiger partial charge in [0.05, 0.1) is 133 Å². The molecule has 0 aliphatic carbocycles. The zero-order valence-electron chi connectivity index (χ0n) is 45.3. The van der Waals surface area contributed by atoms with Crippen LogP contribution >= 0.6 is 0 Å². The first-order valence-electron chi connectivity index (χ1n) is 28.1. The third-order valence-electron chi connectivity index (χ3n) is 19.5. The van der Waals surface area contributed by atoms with Crippen molar-refractivity contribution in [1.82, 2.24) is 0 Å². The number of ether oxygens (including phenoxy) is 11. The van der Waals surface area contributed by atoms with E-state index in [1.165, 1.54) is 6.92 Å². The summed E-state index contributed by atoms with van der Waals surface area (Å²) in [6.45, 7) is 23.7. The van der Waals surface area contributed by atoms with Crippen LogP contribution in [-0.4, -0.2) is 182 Å². The summed E-state index contributed by atoms with van der Waals surface area (Å²) in [5, 5.41) is 11.6. The molecule has 11 aliphatic heterocycles. The molecule has 20 nitrogen and oxygen atoms in total. The number of hydrogen-bond donors (Lipinski definition) is 3. The first kappa shape index (κ1) is 57.1. The van der Waals surface area contributed by atoms with Crippen molar-refractivity contribution in [1.29, 1.82) is 0 Å². The van der Waals surface area contributed by atoms with Crippen molar-refractivity contribution >= 4 is 20.8 Å². The van der Waals surface area contributed by atoms with Crippen molar-refractivity contribution in [2.24, 2.45) is 5.92 Å². The highest BCUT2D eigenvalue weighted by molar-refractivity contribution is 7.81. The third-order valence-corrected chi connectivity index (χ3v) is 20.4. The van der Waals surface area contributed by atoms with Crippen molar-refractivity contribution in [2.45, 2.75) is 282 Å². The number of allylic oxidation sites excluding steroid dienone is 3. The van der Waals surface area contributed by atoms with Gasteiger partial charge in [-0.1, -0.05) is 43.9 Å². The Morgan fingerprint density at radius 1 is 0.675 bits per heavy atom. The number of rotatable bonds is 11. The van der Waals surface area contributed by atoms with Gasteiger partial charge in [-0.15, -0.1) is 6.58 Å². The van der Waals surface area contributed by atoms with E-state index < -0.39 is 92.0 Å². The van der Waals surface area contributed by atoms with Gasteiger partial charge in [-0.2, -0.15) is 16.8 Å². The standard InChI is InChI=1S/C55H82O20S2/c1-10-11-29(2)12-15-51(5,56)50-31(4)20-41-40(71-50)25-45-55(9,73-41)28-44-38(68-45)24-43-49(70-44)30(3)13-16-53(7)47(69-43)27-46-54(8,75-53)17-14-32-33(67-46)21-35-34(64-32)22-36-37(65-35)23-42-39(66-36)26-48(74-77(60,61)62)52(6,72-42)18-19-63-76(57,58)59/h10,12,15,30,32-50,56H,1-2,4,11,13-14,16-28H2,3,5-9H3,(H,57,58,59)(H,60,61,62)/b15-12+/t30-,32-,33+,34+,35-,36-,37+,38+,39+,40+,41-,42-,43-,44-,45-,46-,47+,48-,49+,50-,51+,52+,53-,54+,55+/m0/s1. The normalized spacial score (nSPS) is 50.5. The molecule has 11 rings (SSSR count). The zero-order valence-corrected chi connectivity index (χ0v) is 46.9. The summed E-state index contributed by atoms with van der Waals surface area (Å²) in [6.07, 6.45) is 6.32. The summed E-state index contributed by atoms with van der Waals surface area (Å²) < 4.78 is 151. The van der Waals surface area contributed by atoms with Gasteiger partial charge in [0.2, 0.25) is 0 Å². The molecule has 0 bridgehead atoms. The average molecular weight is 1130 g/mol. The van der Waals surface area contributed by atoms with E-state index in [0.29, 0.717) is 64.2 Å². The molecule has 0 amide bonds. The van der Waals surface area contributed by atoms with Crippen LogP contribution < -0.4 is 0 Å². The molecular formula is C55H82O20S2. The lowest BCUT2D eigenvalue weighted by molar-refractivity contribution is -0.346. The molecule has 0 aromatic carbocycles. The topological polar surface area (TPSA) is 249 Å². The predicted molar refractivity (Wildman–Crippen MR) is 274 cm³/mol. The monoisotopic (exact) mass is 1130 g/mol. The van der Waals surface area contributed by atoms with E-state index in [2.05, 4.69) is 51.6 Å². The quantitative estimate of drug-likeness (QED) is 0.120. The molecule has 0 saturated carbocycles. The summed E-state index contributed by atoms with van der Waals surface area (Å²) in [4.78, 5) is 0. The Morgan fingerprint density at radius 2 is 1.23 bits per heavy atom. The minimum Gasteiger partial charge on any atom is -0.383 e. The summed E-state index contributed by atoms with van der Waals surface area (Å²) in [5.74, 6) is 0.189. The molecule has 77 heavy (non-hydrogen) atoms. The van der Waals surface area contributed by atoms with Crippen LogP contribution in [0.4, 0.5) is 0 Å². The van der Waals surface area contributed by atoms with E-state index in [4.69, 9.17) is 60.8 Å². The molecule has 0 radical (unpaired) electrons. The second-order valence-corrected chi connectivity index (χ2v) is 27.6. The van der Waals surface area contributed by atoms with E-state index >= 15 is 0 Å². The fourth-order valence-electron chi connectivity index (χ4n) is 15.3.